The highest BCUT2D eigenvalue weighted by molar-refractivity contribution is 5.93. The van der Waals surface area contributed by atoms with Gasteiger partial charge >= 0.3 is 0 Å². The van der Waals surface area contributed by atoms with Gasteiger partial charge in [0.2, 0.25) is 0 Å². The third-order valence-electron chi connectivity index (χ3n) is 4.12. The standard InChI is InChI=1S/C16H25NO3/c1-4-14(12-5-8-19-9-6-12)17-16(18)15-13(11(2)3)7-10-20-15/h7,10-12,14H,4-6,8-9H2,1-3H3,(H,17,18). The van der Waals surface area contributed by atoms with Crippen LogP contribution in [-0.2, 0) is 4.74 Å². The summed E-state index contributed by atoms with van der Waals surface area (Å²) in [5.41, 5.74) is 0.976. The van der Waals surface area contributed by atoms with E-state index in [2.05, 4.69) is 26.1 Å². The van der Waals surface area contributed by atoms with Crippen molar-refractivity contribution >= 4 is 5.91 Å². The maximum Gasteiger partial charge on any atom is 0.287 e. The van der Waals surface area contributed by atoms with Crippen molar-refractivity contribution in [3.05, 3.63) is 23.7 Å². The number of carbonyl (C=O) groups is 1. The molecule has 1 aromatic heterocycles. The molecule has 112 valence electrons. The Morgan fingerprint density at radius 2 is 2.10 bits per heavy atom. The summed E-state index contributed by atoms with van der Waals surface area (Å²) in [4.78, 5) is 12.4. The van der Waals surface area contributed by atoms with Gasteiger partial charge in [-0.25, -0.2) is 0 Å². The van der Waals surface area contributed by atoms with Crippen LogP contribution in [-0.4, -0.2) is 25.2 Å². The van der Waals surface area contributed by atoms with Crippen LogP contribution in [0, 0.1) is 5.92 Å². The summed E-state index contributed by atoms with van der Waals surface area (Å²) in [7, 11) is 0. The summed E-state index contributed by atoms with van der Waals surface area (Å²) >= 11 is 0. The van der Waals surface area contributed by atoms with Crippen molar-refractivity contribution in [2.75, 3.05) is 13.2 Å². The van der Waals surface area contributed by atoms with Gasteiger partial charge in [0.25, 0.3) is 5.91 Å². The molecule has 0 saturated carbocycles. The Balaban J connectivity index is 2.03. The molecule has 0 bridgehead atoms. The van der Waals surface area contributed by atoms with Gasteiger partial charge < -0.3 is 14.5 Å². The first-order valence-corrected chi connectivity index (χ1v) is 7.59. The molecular weight excluding hydrogens is 254 g/mol. The Morgan fingerprint density at radius 3 is 2.70 bits per heavy atom. The minimum atomic E-state index is -0.0861. The number of rotatable bonds is 5. The van der Waals surface area contributed by atoms with E-state index in [1.165, 1.54) is 0 Å². The summed E-state index contributed by atoms with van der Waals surface area (Å²) in [5.74, 6) is 1.18. The molecule has 1 aliphatic rings. The average Bonchev–Trinajstić information content (AvgIpc) is 2.95. The van der Waals surface area contributed by atoms with Crippen molar-refractivity contribution in [1.82, 2.24) is 5.32 Å². The Bertz CT molecular complexity index is 433. The number of hydrogen-bond donors (Lipinski definition) is 1. The van der Waals surface area contributed by atoms with Crippen LogP contribution >= 0.6 is 0 Å². The number of amides is 1. The average molecular weight is 279 g/mol. The van der Waals surface area contributed by atoms with Crippen molar-refractivity contribution in [2.24, 2.45) is 5.92 Å². The summed E-state index contributed by atoms with van der Waals surface area (Å²) in [6.07, 6.45) is 4.58. The number of hydrogen-bond acceptors (Lipinski definition) is 3. The Hall–Kier alpha value is -1.29. The van der Waals surface area contributed by atoms with Crippen molar-refractivity contribution in [3.8, 4) is 0 Å². The maximum atomic E-state index is 12.4. The van der Waals surface area contributed by atoms with E-state index in [-0.39, 0.29) is 17.9 Å². The van der Waals surface area contributed by atoms with Crippen LogP contribution in [0.1, 0.15) is 62.1 Å². The van der Waals surface area contributed by atoms with E-state index in [4.69, 9.17) is 9.15 Å². The Kier molecular flexibility index (Phi) is 5.24. The van der Waals surface area contributed by atoms with Crippen molar-refractivity contribution in [1.29, 1.82) is 0 Å². The molecule has 0 spiro atoms. The minimum Gasteiger partial charge on any atom is -0.459 e. The van der Waals surface area contributed by atoms with Gasteiger partial charge in [-0.1, -0.05) is 20.8 Å². The first-order chi connectivity index (χ1) is 9.63. The lowest BCUT2D eigenvalue weighted by Crippen LogP contribution is -2.42. The quantitative estimate of drug-likeness (QED) is 0.899. The van der Waals surface area contributed by atoms with Gasteiger partial charge in [0.1, 0.15) is 0 Å². The van der Waals surface area contributed by atoms with Crippen molar-refractivity contribution < 1.29 is 13.9 Å². The van der Waals surface area contributed by atoms with Crippen molar-refractivity contribution in [3.63, 3.8) is 0 Å². The van der Waals surface area contributed by atoms with E-state index in [0.717, 1.165) is 38.0 Å². The number of carbonyl (C=O) groups excluding carboxylic acids is 1. The molecule has 2 heterocycles. The second-order valence-corrected chi connectivity index (χ2v) is 5.80. The fourth-order valence-corrected chi connectivity index (χ4v) is 2.86. The van der Waals surface area contributed by atoms with Crippen molar-refractivity contribution in [2.45, 2.75) is 52.0 Å². The summed E-state index contributed by atoms with van der Waals surface area (Å²) < 4.78 is 10.8. The number of furan rings is 1. The SMILES string of the molecule is CCC(NC(=O)c1occc1C(C)C)C1CCOCC1. The molecule has 4 heteroatoms. The molecule has 2 rings (SSSR count). The predicted molar refractivity (Wildman–Crippen MR) is 77.9 cm³/mol. The van der Waals surface area contributed by atoms with E-state index in [1.54, 1.807) is 6.26 Å². The largest absolute Gasteiger partial charge is 0.459 e. The highest BCUT2D eigenvalue weighted by Crippen LogP contribution is 2.23. The second kappa shape index (κ2) is 6.93. The topological polar surface area (TPSA) is 51.5 Å². The Morgan fingerprint density at radius 1 is 1.40 bits per heavy atom. The number of ether oxygens (including phenoxy) is 1. The zero-order valence-electron chi connectivity index (χ0n) is 12.6. The molecule has 1 unspecified atom stereocenters. The molecule has 20 heavy (non-hydrogen) atoms. The fourth-order valence-electron chi connectivity index (χ4n) is 2.86. The third-order valence-corrected chi connectivity index (χ3v) is 4.12. The molecular formula is C16H25NO3. The lowest BCUT2D eigenvalue weighted by atomic mass is 9.90. The molecule has 1 fully saturated rings. The highest BCUT2D eigenvalue weighted by Gasteiger charge is 2.26. The maximum absolute atomic E-state index is 12.4. The molecule has 1 amide bonds. The minimum absolute atomic E-state index is 0.0861. The van der Waals surface area contributed by atoms with Gasteiger partial charge in [-0.3, -0.25) is 4.79 Å². The van der Waals surface area contributed by atoms with Crippen LogP contribution < -0.4 is 5.32 Å². The predicted octanol–water partition coefficient (Wildman–Crippen LogP) is 3.34. The van der Waals surface area contributed by atoms with Crippen LogP contribution in [0.15, 0.2) is 16.7 Å². The van der Waals surface area contributed by atoms with E-state index >= 15 is 0 Å². The zero-order chi connectivity index (χ0) is 14.5. The number of nitrogens with one attached hydrogen (secondary N) is 1. The summed E-state index contributed by atoms with van der Waals surface area (Å²) in [6, 6.07) is 2.09. The van der Waals surface area contributed by atoms with E-state index in [0.29, 0.717) is 11.7 Å². The van der Waals surface area contributed by atoms with Gasteiger partial charge in [0.15, 0.2) is 5.76 Å². The molecule has 1 saturated heterocycles. The van der Waals surface area contributed by atoms with Crippen LogP contribution in [0.25, 0.3) is 0 Å². The molecule has 4 nitrogen and oxygen atoms in total. The lowest BCUT2D eigenvalue weighted by Gasteiger charge is -2.30. The zero-order valence-corrected chi connectivity index (χ0v) is 12.6. The van der Waals surface area contributed by atoms with Crippen LogP contribution in [0.2, 0.25) is 0 Å². The lowest BCUT2D eigenvalue weighted by molar-refractivity contribution is 0.0506. The van der Waals surface area contributed by atoms with Gasteiger partial charge in [0, 0.05) is 24.8 Å². The molecule has 1 N–H and O–H groups in total. The Labute approximate surface area is 120 Å². The molecule has 1 atom stereocenters. The fraction of sp³-hybridized carbons (Fsp3) is 0.688. The van der Waals surface area contributed by atoms with Crippen LogP contribution in [0.4, 0.5) is 0 Å². The molecule has 1 aromatic rings. The molecule has 0 radical (unpaired) electrons. The molecule has 0 aliphatic carbocycles. The molecule has 0 aromatic carbocycles. The second-order valence-electron chi connectivity index (χ2n) is 5.80. The summed E-state index contributed by atoms with van der Waals surface area (Å²) in [5, 5.41) is 3.15. The monoisotopic (exact) mass is 279 g/mol. The first kappa shape index (κ1) is 15.1. The van der Waals surface area contributed by atoms with Gasteiger partial charge in [-0.05, 0) is 37.2 Å². The molecule has 1 aliphatic heterocycles. The van der Waals surface area contributed by atoms with E-state index in [1.807, 2.05) is 6.07 Å². The van der Waals surface area contributed by atoms with Crippen LogP contribution in [0.3, 0.4) is 0 Å². The smallest absolute Gasteiger partial charge is 0.287 e. The summed E-state index contributed by atoms with van der Waals surface area (Å²) in [6.45, 7) is 7.85. The van der Waals surface area contributed by atoms with E-state index in [9.17, 15) is 4.79 Å². The van der Waals surface area contributed by atoms with Crippen LogP contribution in [0.5, 0.6) is 0 Å². The normalized spacial score (nSPS) is 18.2. The first-order valence-electron chi connectivity index (χ1n) is 7.59. The van der Waals surface area contributed by atoms with Gasteiger partial charge in [0.05, 0.1) is 6.26 Å². The van der Waals surface area contributed by atoms with Gasteiger partial charge in [-0.2, -0.15) is 0 Å². The van der Waals surface area contributed by atoms with Gasteiger partial charge in [-0.15, -0.1) is 0 Å². The van der Waals surface area contributed by atoms with E-state index < -0.39 is 0 Å². The highest BCUT2D eigenvalue weighted by atomic mass is 16.5. The third kappa shape index (κ3) is 3.42.